The first-order chi connectivity index (χ1) is 15.9. The van der Waals surface area contributed by atoms with Gasteiger partial charge in [0.15, 0.2) is 5.49 Å². The van der Waals surface area contributed by atoms with Crippen LogP contribution >= 0.6 is 11.6 Å². The van der Waals surface area contributed by atoms with Crippen molar-refractivity contribution in [2.75, 3.05) is 6.61 Å². The van der Waals surface area contributed by atoms with Gasteiger partial charge in [0.1, 0.15) is 16.9 Å². The van der Waals surface area contributed by atoms with E-state index in [9.17, 15) is 14.4 Å². The minimum absolute atomic E-state index is 0.0166. The van der Waals surface area contributed by atoms with E-state index in [0.29, 0.717) is 29.3 Å². The lowest BCUT2D eigenvalue weighted by atomic mass is 10.2. The Balaban J connectivity index is 2.12. The van der Waals surface area contributed by atoms with E-state index in [1.165, 1.54) is 16.5 Å². The lowest BCUT2D eigenvalue weighted by molar-refractivity contribution is 0.0523. The summed E-state index contributed by atoms with van der Waals surface area (Å²) in [7, 11) is 0. The Morgan fingerprint density at radius 1 is 1.12 bits per heavy atom. The third kappa shape index (κ3) is 4.29. The zero-order chi connectivity index (χ0) is 23.5. The van der Waals surface area contributed by atoms with Crippen LogP contribution in [0.2, 0.25) is 5.02 Å². The van der Waals surface area contributed by atoms with Gasteiger partial charge in [0.25, 0.3) is 11.5 Å². The molecule has 0 fully saturated rings. The lowest BCUT2D eigenvalue weighted by Gasteiger charge is -2.14. The predicted octanol–water partition coefficient (Wildman–Crippen LogP) is 3.63. The van der Waals surface area contributed by atoms with Crippen molar-refractivity contribution in [3.8, 4) is 0 Å². The number of benzene rings is 1. The number of esters is 1. The number of halogens is 1. The van der Waals surface area contributed by atoms with E-state index in [0.717, 1.165) is 0 Å². The van der Waals surface area contributed by atoms with Crippen molar-refractivity contribution in [1.29, 1.82) is 0 Å². The SMILES string of the molecule is CCCn1c(=NC(=O)c2cccc(Cl)c2)c(C(=O)OCC)cc2c(=O)n3ccccc3nc21. The number of rotatable bonds is 5. The van der Waals surface area contributed by atoms with E-state index in [4.69, 9.17) is 16.3 Å². The number of pyridine rings is 2. The highest BCUT2D eigenvalue weighted by molar-refractivity contribution is 6.31. The molecular formula is C24H21ClN4O4. The molecule has 4 rings (SSSR count). The third-order valence-electron chi connectivity index (χ3n) is 5.01. The number of nitrogens with zero attached hydrogens (tertiary/aromatic N) is 4. The summed E-state index contributed by atoms with van der Waals surface area (Å²) in [6.07, 6.45) is 2.26. The Morgan fingerprint density at radius 3 is 2.67 bits per heavy atom. The minimum atomic E-state index is -0.681. The fourth-order valence-corrected chi connectivity index (χ4v) is 3.77. The van der Waals surface area contributed by atoms with Crippen LogP contribution in [-0.4, -0.2) is 32.4 Å². The molecule has 1 amide bonds. The van der Waals surface area contributed by atoms with Gasteiger partial charge in [-0.05, 0) is 49.7 Å². The van der Waals surface area contributed by atoms with Crippen LogP contribution < -0.4 is 11.0 Å². The molecule has 1 aromatic carbocycles. The van der Waals surface area contributed by atoms with E-state index in [-0.39, 0.29) is 34.2 Å². The fourth-order valence-electron chi connectivity index (χ4n) is 3.57. The Morgan fingerprint density at radius 2 is 1.94 bits per heavy atom. The molecule has 0 aliphatic rings. The highest BCUT2D eigenvalue weighted by Crippen LogP contribution is 2.14. The van der Waals surface area contributed by atoms with Crippen molar-refractivity contribution in [3.05, 3.63) is 86.7 Å². The van der Waals surface area contributed by atoms with Gasteiger partial charge in [-0.2, -0.15) is 4.99 Å². The average Bonchev–Trinajstić information content (AvgIpc) is 2.81. The second-order valence-electron chi connectivity index (χ2n) is 7.26. The molecule has 0 N–H and O–H groups in total. The quantitative estimate of drug-likeness (QED) is 0.332. The van der Waals surface area contributed by atoms with E-state index in [1.807, 2.05) is 6.92 Å². The molecule has 3 heterocycles. The molecule has 4 aromatic rings. The molecule has 8 nitrogen and oxygen atoms in total. The van der Waals surface area contributed by atoms with Crippen molar-refractivity contribution in [3.63, 3.8) is 0 Å². The Labute approximate surface area is 193 Å². The van der Waals surface area contributed by atoms with Gasteiger partial charge in [-0.15, -0.1) is 0 Å². The first-order valence-electron chi connectivity index (χ1n) is 10.5. The first-order valence-corrected chi connectivity index (χ1v) is 10.9. The topological polar surface area (TPSA) is 95.0 Å². The summed E-state index contributed by atoms with van der Waals surface area (Å²) in [4.78, 5) is 48.0. The summed E-state index contributed by atoms with van der Waals surface area (Å²) < 4.78 is 8.24. The maximum absolute atomic E-state index is 13.2. The van der Waals surface area contributed by atoms with Crippen molar-refractivity contribution < 1.29 is 14.3 Å². The van der Waals surface area contributed by atoms with Gasteiger partial charge in [-0.3, -0.25) is 14.0 Å². The second kappa shape index (κ2) is 9.38. The highest BCUT2D eigenvalue weighted by Gasteiger charge is 2.20. The highest BCUT2D eigenvalue weighted by atomic mass is 35.5. The van der Waals surface area contributed by atoms with Crippen molar-refractivity contribution in [2.24, 2.45) is 4.99 Å². The van der Waals surface area contributed by atoms with Gasteiger partial charge in [-0.25, -0.2) is 9.78 Å². The Hall–Kier alpha value is -3.78. The molecule has 0 bridgehead atoms. The maximum atomic E-state index is 13.2. The van der Waals surface area contributed by atoms with E-state index >= 15 is 0 Å². The molecular weight excluding hydrogens is 444 g/mol. The number of carbonyl (C=O) groups excluding carboxylic acids is 2. The van der Waals surface area contributed by atoms with Crippen LogP contribution in [0.3, 0.4) is 0 Å². The number of hydrogen-bond donors (Lipinski definition) is 0. The number of aryl methyl sites for hydroxylation is 1. The normalized spacial score (nSPS) is 11.8. The summed E-state index contributed by atoms with van der Waals surface area (Å²) in [6.45, 7) is 4.12. The van der Waals surface area contributed by atoms with Crippen LogP contribution in [0.4, 0.5) is 0 Å². The molecule has 3 aromatic heterocycles. The molecule has 0 saturated heterocycles. The fraction of sp³-hybridized carbons (Fsp3) is 0.208. The largest absolute Gasteiger partial charge is 0.462 e. The van der Waals surface area contributed by atoms with Crippen LogP contribution in [0.1, 0.15) is 41.0 Å². The standard InChI is InChI=1S/C24H21ClN4O4/c1-3-11-29-20-17(23(31)28-12-6-5-10-19(28)26-20)14-18(24(32)33-4-2)21(29)27-22(30)15-8-7-9-16(25)13-15/h5-10,12-14H,3-4,11H2,1-2H3. The number of ether oxygens (including phenoxy) is 1. The third-order valence-corrected chi connectivity index (χ3v) is 5.25. The minimum Gasteiger partial charge on any atom is -0.462 e. The van der Waals surface area contributed by atoms with Crippen molar-refractivity contribution in [2.45, 2.75) is 26.8 Å². The van der Waals surface area contributed by atoms with Crippen LogP contribution in [0, 0.1) is 0 Å². The smallest absolute Gasteiger partial charge is 0.341 e. The molecule has 168 valence electrons. The van der Waals surface area contributed by atoms with Crippen LogP contribution in [0.5, 0.6) is 0 Å². The molecule has 0 unspecified atom stereocenters. The van der Waals surface area contributed by atoms with E-state index in [1.54, 1.807) is 54.1 Å². The van der Waals surface area contributed by atoms with Gasteiger partial charge in [0.05, 0.1) is 12.0 Å². The summed E-state index contributed by atoms with van der Waals surface area (Å²) in [5.74, 6) is -1.26. The summed E-state index contributed by atoms with van der Waals surface area (Å²) in [6, 6.07) is 13.0. The predicted molar refractivity (Wildman–Crippen MR) is 125 cm³/mol. The van der Waals surface area contributed by atoms with Crippen molar-refractivity contribution in [1.82, 2.24) is 14.0 Å². The molecule has 0 spiro atoms. The van der Waals surface area contributed by atoms with Gasteiger partial charge < -0.3 is 9.30 Å². The molecule has 0 saturated carbocycles. The molecule has 0 aliphatic heterocycles. The van der Waals surface area contributed by atoms with Crippen molar-refractivity contribution >= 4 is 40.2 Å². The van der Waals surface area contributed by atoms with Crippen LogP contribution in [-0.2, 0) is 11.3 Å². The summed E-state index contributed by atoms with van der Waals surface area (Å²) in [5, 5.41) is 0.618. The van der Waals surface area contributed by atoms with Gasteiger partial charge in [0, 0.05) is 23.3 Å². The molecule has 33 heavy (non-hydrogen) atoms. The molecule has 0 aliphatic carbocycles. The zero-order valence-corrected chi connectivity index (χ0v) is 18.9. The Kier molecular flexibility index (Phi) is 6.37. The molecule has 9 heteroatoms. The Bertz CT molecular complexity index is 1520. The number of carbonyl (C=O) groups is 2. The van der Waals surface area contributed by atoms with Crippen LogP contribution in [0.25, 0.3) is 16.7 Å². The average molecular weight is 465 g/mol. The first kappa shape index (κ1) is 22.4. The number of hydrogen-bond acceptors (Lipinski definition) is 5. The van der Waals surface area contributed by atoms with E-state index < -0.39 is 11.9 Å². The second-order valence-corrected chi connectivity index (χ2v) is 7.70. The summed E-state index contributed by atoms with van der Waals surface area (Å²) in [5.41, 5.74) is 0.809. The molecule has 0 atom stereocenters. The maximum Gasteiger partial charge on any atom is 0.341 e. The summed E-state index contributed by atoms with van der Waals surface area (Å²) >= 11 is 6.03. The van der Waals surface area contributed by atoms with E-state index in [2.05, 4.69) is 9.98 Å². The van der Waals surface area contributed by atoms with Gasteiger partial charge >= 0.3 is 5.97 Å². The van der Waals surface area contributed by atoms with Gasteiger partial charge in [0.2, 0.25) is 0 Å². The molecule has 0 radical (unpaired) electrons. The van der Waals surface area contributed by atoms with Crippen LogP contribution in [0.15, 0.2) is 64.5 Å². The number of fused-ring (bicyclic) bond motifs is 2. The van der Waals surface area contributed by atoms with Gasteiger partial charge in [-0.1, -0.05) is 30.7 Å². The number of amides is 1. The lowest BCUT2D eigenvalue weighted by Crippen LogP contribution is -2.32. The zero-order valence-electron chi connectivity index (χ0n) is 18.1. The monoisotopic (exact) mass is 464 g/mol. The number of aromatic nitrogens is 3.